The van der Waals surface area contributed by atoms with Gasteiger partial charge in [-0.05, 0) is 54.7 Å². The molecule has 0 saturated heterocycles. The lowest BCUT2D eigenvalue weighted by Crippen LogP contribution is -2.38. The molecule has 1 aliphatic carbocycles. The molecule has 34 heavy (non-hydrogen) atoms. The zero-order chi connectivity index (χ0) is 23.8. The molecule has 0 aromatic heterocycles. The third-order valence-corrected chi connectivity index (χ3v) is 7.27. The van der Waals surface area contributed by atoms with E-state index in [0.717, 1.165) is 33.5 Å². The number of amides is 1. The molecule has 0 radical (unpaired) electrons. The SMILES string of the molecule is CCC(=O)N1c2ccccc2NC2=C(C(=O)C[C@@H](c3ccc(C)cc3)C2)[C@H]1c1cccc(Br)c1. The van der Waals surface area contributed by atoms with Crippen molar-refractivity contribution in [3.05, 3.63) is 105 Å². The van der Waals surface area contributed by atoms with Crippen molar-refractivity contribution < 1.29 is 9.59 Å². The van der Waals surface area contributed by atoms with Crippen LogP contribution in [-0.2, 0) is 9.59 Å². The molecule has 2 aliphatic rings. The van der Waals surface area contributed by atoms with Crippen molar-refractivity contribution in [1.82, 2.24) is 0 Å². The number of Topliss-reactive ketones (excluding diaryl/α,β-unsaturated/α-hetero) is 1. The average molecular weight is 515 g/mol. The molecule has 0 saturated carbocycles. The van der Waals surface area contributed by atoms with Crippen LogP contribution in [0.2, 0.25) is 0 Å². The number of carbonyl (C=O) groups is 2. The molecule has 5 heteroatoms. The van der Waals surface area contributed by atoms with Crippen LogP contribution in [0.25, 0.3) is 0 Å². The normalized spacial score (nSPS) is 19.7. The fourth-order valence-electron chi connectivity index (χ4n) is 5.10. The number of hydrogen-bond donors (Lipinski definition) is 1. The van der Waals surface area contributed by atoms with Gasteiger partial charge >= 0.3 is 0 Å². The number of carbonyl (C=O) groups excluding carboxylic acids is 2. The number of allylic oxidation sites excluding steroid dienone is 1. The van der Waals surface area contributed by atoms with Crippen LogP contribution in [0.1, 0.15) is 54.8 Å². The molecule has 5 rings (SSSR count). The molecule has 1 amide bonds. The van der Waals surface area contributed by atoms with Crippen molar-refractivity contribution in [3.63, 3.8) is 0 Å². The number of para-hydroxylation sites is 2. The molecule has 4 nitrogen and oxygen atoms in total. The minimum absolute atomic E-state index is 0.0126. The van der Waals surface area contributed by atoms with Crippen molar-refractivity contribution in [3.8, 4) is 0 Å². The second-order valence-electron chi connectivity index (χ2n) is 9.05. The zero-order valence-corrected chi connectivity index (χ0v) is 20.9. The molecule has 172 valence electrons. The maximum Gasteiger partial charge on any atom is 0.227 e. The van der Waals surface area contributed by atoms with E-state index in [1.807, 2.05) is 60.4 Å². The van der Waals surface area contributed by atoms with Gasteiger partial charge < -0.3 is 5.32 Å². The first kappa shape index (κ1) is 22.6. The Morgan fingerprint density at radius 3 is 2.50 bits per heavy atom. The number of nitrogens with zero attached hydrogens (tertiary/aromatic N) is 1. The number of rotatable bonds is 3. The van der Waals surface area contributed by atoms with E-state index in [0.29, 0.717) is 18.4 Å². The van der Waals surface area contributed by atoms with E-state index in [1.165, 1.54) is 11.1 Å². The van der Waals surface area contributed by atoms with Gasteiger partial charge in [0.1, 0.15) is 0 Å². The van der Waals surface area contributed by atoms with E-state index in [4.69, 9.17) is 0 Å². The summed E-state index contributed by atoms with van der Waals surface area (Å²) in [4.78, 5) is 29.1. The smallest absolute Gasteiger partial charge is 0.227 e. The molecule has 3 aromatic rings. The van der Waals surface area contributed by atoms with Crippen molar-refractivity contribution in [2.24, 2.45) is 0 Å². The monoisotopic (exact) mass is 514 g/mol. The highest BCUT2D eigenvalue weighted by Gasteiger charge is 2.41. The fraction of sp³-hybridized carbons (Fsp3) is 0.241. The summed E-state index contributed by atoms with van der Waals surface area (Å²) in [6.07, 6.45) is 1.50. The first-order valence-corrected chi connectivity index (χ1v) is 12.5. The lowest BCUT2D eigenvalue weighted by Gasteiger charge is -2.35. The molecular weight excluding hydrogens is 488 g/mol. The number of benzene rings is 3. The van der Waals surface area contributed by atoms with Gasteiger partial charge in [0.25, 0.3) is 0 Å². The highest BCUT2D eigenvalue weighted by molar-refractivity contribution is 9.10. The summed E-state index contributed by atoms with van der Waals surface area (Å²) in [6, 6.07) is 23.8. The van der Waals surface area contributed by atoms with Crippen molar-refractivity contribution >= 4 is 39.0 Å². The average Bonchev–Trinajstić information content (AvgIpc) is 2.98. The Bertz CT molecular complexity index is 1300. The summed E-state index contributed by atoms with van der Waals surface area (Å²) in [5, 5.41) is 3.58. The predicted molar refractivity (Wildman–Crippen MR) is 140 cm³/mol. The fourth-order valence-corrected chi connectivity index (χ4v) is 5.52. The molecule has 0 bridgehead atoms. The Kier molecular flexibility index (Phi) is 6.13. The summed E-state index contributed by atoms with van der Waals surface area (Å²) in [5.74, 6) is 0.176. The molecule has 3 aromatic carbocycles. The summed E-state index contributed by atoms with van der Waals surface area (Å²) in [7, 11) is 0. The maximum absolute atomic E-state index is 13.9. The number of nitrogens with one attached hydrogen (secondary N) is 1. The van der Waals surface area contributed by atoms with E-state index in [1.54, 1.807) is 0 Å². The first-order chi connectivity index (χ1) is 16.5. The molecule has 1 aliphatic heterocycles. The minimum Gasteiger partial charge on any atom is -0.357 e. The van der Waals surface area contributed by atoms with Gasteiger partial charge in [-0.1, -0.05) is 76.9 Å². The molecular formula is C29H27BrN2O2. The topological polar surface area (TPSA) is 49.4 Å². The molecule has 0 unspecified atom stereocenters. The van der Waals surface area contributed by atoms with Gasteiger partial charge in [-0.15, -0.1) is 0 Å². The third kappa shape index (κ3) is 4.09. The largest absolute Gasteiger partial charge is 0.357 e. The quantitative estimate of drug-likeness (QED) is 0.406. The Hall–Kier alpha value is -3.18. The summed E-state index contributed by atoms with van der Waals surface area (Å²) >= 11 is 3.58. The van der Waals surface area contributed by atoms with Crippen LogP contribution in [0.4, 0.5) is 11.4 Å². The van der Waals surface area contributed by atoms with Crippen LogP contribution >= 0.6 is 15.9 Å². The molecule has 0 fully saturated rings. The summed E-state index contributed by atoms with van der Waals surface area (Å²) < 4.78 is 0.919. The van der Waals surface area contributed by atoms with E-state index in [9.17, 15) is 9.59 Å². The van der Waals surface area contributed by atoms with E-state index >= 15 is 0 Å². The second-order valence-corrected chi connectivity index (χ2v) is 9.96. The van der Waals surface area contributed by atoms with E-state index < -0.39 is 6.04 Å². The Morgan fingerprint density at radius 2 is 1.76 bits per heavy atom. The second kappa shape index (κ2) is 9.22. The molecule has 1 N–H and O–H groups in total. The maximum atomic E-state index is 13.9. The van der Waals surface area contributed by atoms with Gasteiger partial charge in [0.15, 0.2) is 5.78 Å². The highest BCUT2D eigenvalue weighted by Crippen LogP contribution is 2.47. The molecule has 1 heterocycles. The minimum atomic E-state index is -0.484. The first-order valence-electron chi connectivity index (χ1n) is 11.7. The number of anilines is 2. The Morgan fingerprint density at radius 1 is 1.00 bits per heavy atom. The number of aryl methyl sites for hydroxylation is 1. The number of hydrogen-bond acceptors (Lipinski definition) is 3. The highest BCUT2D eigenvalue weighted by atomic mass is 79.9. The van der Waals surface area contributed by atoms with Gasteiger partial charge in [0.2, 0.25) is 5.91 Å². The van der Waals surface area contributed by atoms with Crippen LogP contribution in [0, 0.1) is 6.92 Å². The van der Waals surface area contributed by atoms with Gasteiger partial charge in [0.05, 0.1) is 17.4 Å². The predicted octanol–water partition coefficient (Wildman–Crippen LogP) is 7.07. The molecule has 2 atom stereocenters. The molecule has 0 spiro atoms. The van der Waals surface area contributed by atoms with Crippen LogP contribution < -0.4 is 10.2 Å². The van der Waals surface area contributed by atoms with Gasteiger partial charge in [-0.25, -0.2) is 0 Å². The summed E-state index contributed by atoms with van der Waals surface area (Å²) in [5.41, 5.74) is 6.55. The van der Waals surface area contributed by atoms with Crippen molar-refractivity contribution in [1.29, 1.82) is 0 Å². The van der Waals surface area contributed by atoms with Gasteiger partial charge in [-0.2, -0.15) is 0 Å². The van der Waals surface area contributed by atoms with Gasteiger partial charge in [0, 0.05) is 28.6 Å². The zero-order valence-electron chi connectivity index (χ0n) is 19.3. The van der Waals surface area contributed by atoms with Crippen LogP contribution in [-0.4, -0.2) is 11.7 Å². The standard InChI is InChI=1S/C29H27BrN2O2/c1-3-27(34)32-25-10-5-4-9-23(25)31-24-16-21(19-13-11-18(2)12-14-19)17-26(33)28(24)29(32)20-7-6-8-22(30)15-20/h4-15,21,29,31H,3,16-17H2,1-2H3/t21-,29+/m0/s1. The van der Waals surface area contributed by atoms with E-state index in [2.05, 4.69) is 52.4 Å². The van der Waals surface area contributed by atoms with Crippen LogP contribution in [0.5, 0.6) is 0 Å². The lowest BCUT2D eigenvalue weighted by atomic mass is 9.78. The number of fused-ring (bicyclic) bond motifs is 1. The number of halogens is 1. The third-order valence-electron chi connectivity index (χ3n) is 6.77. The summed E-state index contributed by atoms with van der Waals surface area (Å²) in [6.45, 7) is 3.94. The van der Waals surface area contributed by atoms with Crippen molar-refractivity contribution in [2.75, 3.05) is 10.2 Å². The Labute approximate surface area is 208 Å². The van der Waals surface area contributed by atoms with E-state index in [-0.39, 0.29) is 17.6 Å². The number of ketones is 1. The van der Waals surface area contributed by atoms with Gasteiger partial charge in [-0.3, -0.25) is 14.5 Å². The van der Waals surface area contributed by atoms with Crippen LogP contribution in [0.15, 0.2) is 88.5 Å². The Balaban J connectivity index is 1.70. The van der Waals surface area contributed by atoms with Crippen molar-refractivity contribution in [2.45, 2.75) is 45.1 Å². The van der Waals surface area contributed by atoms with Crippen LogP contribution in [0.3, 0.4) is 0 Å². The lowest BCUT2D eigenvalue weighted by molar-refractivity contribution is -0.119.